The van der Waals surface area contributed by atoms with E-state index in [4.69, 9.17) is 5.73 Å². The lowest BCUT2D eigenvalue weighted by atomic mass is 9.94. The maximum atomic E-state index is 12.9. The Morgan fingerprint density at radius 2 is 1.73 bits per heavy atom. The van der Waals surface area contributed by atoms with Crippen molar-refractivity contribution in [2.24, 2.45) is 5.73 Å². The number of alkyl halides is 2. The predicted molar refractivity (Wildman–Crippen MR) is 40.6 cm³/mol. The molecule has 0 aromatic carbocycles. The summed E-state index contributed by atoms with van der Waals surface area (Å²) in [6, 6.07) is -0.900. The zero-order chi connectivity index (χ0) is 8.32. The lowest BCUT2D eigenvalue weighted by molar-refractivity contribution is -0.0412. The Balaban J connectivity index is 2.47. The maximum Gasteiger partial charge on any atom is 0.262 e. The lowest BCUT2D eigenvalue weighted by Gasteiger charge is -2.25. The summed E-state index contributed by atoms with van der Waals surface area (Å²) >= 11 is 0. The molecule has 0 heterocycles. The van der Waals surface area contributed by atoms with Crippen LogP contribution in [0.15, 0.2) is 0 Å². The van der Waals surface area contributed by atoms with Crippen LogP contribution >= 0.6 is 0 Å². The topological polar surface area (TPSA) is 26.0 Å². The normalized spacial score (nSPS) is 32.5. The molecule has 0 amide bonds. The molecule has 66 valence electrons. The Labute approximate surface area is 66.0 Å². The van der Waals surface area contributed by atoms with E-state index in [1.54, 1.807) is 0 Å². The van der Waals surface area contributed by atoms with Crippen LogP contribution in [0.2, 0.25) is 0 Å². The van der Waals surface area contributed by atoms with Gasteiger partial charge in [-0.25, -0.2) is 8.78 Å². The number of halogens is 2. The van der Waals surface area contributed by atoms with Crippen LogP contribution in [0.4, 0.5) is 8.78 Å². The fourth-order valence-corrected chi connectivity index (χ4v) is 1.48. The van der Waals surface area contributed by atoms with E-state index in [-0.39, 0.29) is 6.42 Å². The van der Waals surface area contributed by atoms with Crippen molar-refractivity contribution in [3.63, 3.8) is 0 Å². The lowest BCUT2D eigenvalue weighted by Crippen LogP contribution is -2.41. The van der Waals surface area contributed by atoms with Gasteiger partial charge in [-0.3, -0.25) is 0 Å². The van der Waals surface area contributed by atoms with Gasteiger partial charge in [0.25, 0.3) is 5.92 Å². The van der Waals surface area contributed by atoms with Crippen LogP contribution in [0.25, 0.3) is 0 Å². The van der Waals surface area contributed by atoms with Crippen molar-refractivity contribution in [1.82, 2.24) is 0 Å². The Bertz CT molecular complexity index is 125. The van der Waals surface area contributed by atoms with Gasteiger partial charge in [-0.15, -0.1) is 0 Å². The van der Waals surface area contributed by atoms with E-state index in [1.807, 2.05) is 0 Å². The van der Waals surface area contributed by atoms with Crippen molar-refractivity contribution >= 4 is 0 Å². The van der Waals surface area contributed by atoms with Gasteiger partial charge in [0.05, 0.1) is 6.04 Å². The standard InChI is InChI=1S/C8H15F2N/c9-8(10)6-4-2-1-3-5-7(8)11/h7H,1-6,11H2. The molecule has 1 aliphatic rings. The molecule has 2 N–H and O–H groups in total. The first kappa shape index (κ1) is 8.91. The summed E-state index contributed by atoms with van der Waals surface area (Å²) in [4.78, 5) is 0. The van der Waals surface area contributed by atoms with Gasteiger partial charge < -0.3 is 5.73 Å². The molecule has 1 saturated carbocycles. The first-order valence-electron chi connectivity index (χ1n) is 4.26. The summed E-state index contributed by atoms with van der Waals surface area (Å²) < 4.78 is 25.8. The fourth-order valence-electron chi connectivity index (χ4n) is 1.48. The minimum absolute atomic E-state index is 0.0197. The first-order valence-corrected chi connectivity index (χ1v) is 4.26. The Kier molecular flexibility index (Phi) is 2.82. The van der Waals surface area contributed by atoms with Crippen molar-refractivity contribution in [3.05, 3.63) is 0 Å². The smallest absolute Gasteiger partial charge is 0.262 e. The third kappa shape index (κ3) is 2.40. The molecule has 1 rings (SSSR count). The molecular formula is C8H15F2N. The highest BCUT2D eigenvalue weighted by atomic mass is 19.3. The van der Waals surface area contributed by atoms with E-state index in [2.05, 4.69) is 0 Å². The average Bonchev–Trinajstić information content (AvgIpc) is 1.93. The van der Waals surface area contributed by atoms with Gasteiger partial charge in [0.1, 0.15) is 0 Å². The second-order valence-electron chi connectivity index (χ2n) is 3.32. The third-order valence-corrected chi connectivity index (χ3v) is 2.32. The van der Waals surface area contributed by atoms with Gasteiger partial charge in [-0.05, 0) is 12.8 Å². The van der Waals surface area contributed by atoms with E-state index < -0.39 is 12.0 Å². The second-order valence-corrected chi connectivity index (χ2v) is 3.32. The largest absolute Gasteiger partial charge is 0.323 e. The maximum absolute atomic E-state index is 12.9. The van der Waals surface area contributed by atoms with Crippen molar-refractivity contribution in [3.8, 4) is 0 Å². The van der Waals surface area contributed by atoms with E-state index in [1.165, 1.54) is 0 Å². The molecule has 1 atom stereocenters. The molecule has 1 unspecified atom stereocenters. The van der Waals surface area contributed by atoms with Crippen molar-refractivity contribution in [2.45, 2.75) is 50.5 Å². The van der Waals surface area contributed by atoms with E-state index in [0.717, 1.165) is 19.3 Å². The van der Waals surface area contributed by atoms with E-state index in [9.17, 15) is 8.78 Å². The minimum Gasteiger partial charge on any atom is -0.323 e. The molecule has 1 aliphatic carbocycles. The van der Waals surface area contributed by atoms with Gasteiger partial charge in [-0.2, -0.15) is 0 Å². The monoisotopic (exact) mass is 163 g/mol. The number of hydrogen-bond donors (Lipinski definition) is 1. The molecule has 0 spiro atoms. The molecule has 1 nitrogen and oxygen atoms in total. The second kappa shape index (κ2) is 3.48. The zero-order valence-corrected chi connectivity index (χ0v) is 6.65. The summed E-state index contributed by atoms with van der Waals surface area (Å²) in [5, 5.41) is 0. The summed E-state index contributed by atoms with van der Waals surface area (Å²) in [6.07, 6.45) is 3.94. The molecule has 0 aliphatic heterocycles. The molecule has 0 aromatic heterocycles. The minimum atomic E-state index is -2.61. The van der Waals surface area contributed by atoms with Crippen LogP contribution in [0.3, 0.4) is 0 Å². The molecule has 1 fully saturated rings. The highest BCUT2D eigenvalue weighted by molar-refractivity contribution is 4.81. The Morgan fingerprint density at radius 1 is 1.09 bits per heavy atom. The highest BCUT2D eigenvalue weighted by Crippen LogP contribution is 2.29. The quantitative estimate of drug-likeness (QED) is 0.582. The number of hydrogen-bond acceptors (Lipinski definition) is 1. The van der Waals surface area contributed by atoms with Gasteiger partial charge in [0, 0.05) is 6.42 Å². The summed E-state index contributed by atoms with van der Waals surface area (Å²) in [7, 11) is 0. The number of nitrogens with two attached hydrogens (primary N) is 1. The SMILES string of the molecule is NC1CCCCCCC1(F)F. The van der Waals surface area contributed by atoms with Crippen molar-refractivity contribution in [2.75, 3.05) is 0 Å². The summed E-state index contributed by atoms with van der Waals surface area (Å²) in [6.45, 7) is 0. The molecule has 0 radical (unpaired) electrons. The summed E-state index contributed by atoms with van der Waals surface area (Å²) in [5.41, 5.74) is 5.33. The average molecular weight is 163 g/mol. The van der Waals surface area contributed by atoms with Gasteiger partial charge in [0.2, 0.25) is 0 Å². The van der Waals surface area contributed by atoms with E-state index in [0.29, 0.717) is 12.8 Å². The third-order valence-electron chi connectivity index (χ3n) is 2.32. The highest BCUT2D eigenvalue weighted by Gasteiger charge is 2.36. The van der Waals surface area contributed by atoms with Crippen LogP contribution in [0.1, 0.15) is 38.5 Å². The van der Waals surface area contributed by atoms with Crippen LogP contribution in [0.5, 0.6) is 0 Å². The van der Waals surface area contributed by atoms with Gasteiger partial charge in [0.15, 0.2) is 0 Å². The van der Waals surface area contributed by atoms with Gasteiger partial charge in [-0.1, -0.05) is 19.3 Å². The Morgan fingerprint density at radius 3 is 2.45 bits per heavy atom. The van der Waals surface area contributed by atoms with Gasteiger partial charge >= 0.3 is 0 Å². The Hall–Kier alpha value is -0.180. The molecule has 0 aromatic rings. The van der Waals surface area contributed by atoms with Crippen LogP contribution in [-0.4, -0.2) is 12.0 Å². The molecule has 0 saturated heterocycles. The zero-order valence-electron chi connectivity index (χ0n) is 6.65. The van der Waals surface area contributed by atoms with E-state index >= 15 is 0 Å². The molecule has 11 heavy (non-hydrogen) atoms. The molecule has 3 heteroatoms. The van der Waals surface area contributed by atoms with Crippen LogP contribution in [0, 0.1) is 0 Å². The number of rotatable bonds is 0. The summed E-state index contributed by atoms with van der Waals surface area (Å²) in [5.74, 6) is -2.61. The van der Waals surface area contributed by atoms with Crippen LogP contribution in [-0.2, 0) is 0 Å². The van der Waals surface area contributed by atoms with Crippen molar-refractivity contribution < 1.29 is 8.78 Å². The fraction of sp³-hybridized carbons (Fsp3) is 1.00. The van der Waals surface area contributed by atoms with Crippen molar-refractivity contribution in [1.29, 1.82) is 0 Å². The van der Waals surface area contributed by atoms with Crippen LogP contribution < -0.4 is 5.73 Å². The first-order chi connectivity index (χ1) is 5.13. The molecular weight excluding hydrogens is 148 g/mol. The predicted octanol–water partition coefficient (Wildman–Crippen LogP) is 2.30. The molecule has 0 bridgehead atoms.